The first kappa shape index (κ1) is 7.92. The first-order valence-corrected chi connectivity index (χ1v) is 4.75. The van der Waals surface area contributed by atoms with Gasteiger partial charge in [0, 0.05) is 18.3 Å². The van der Waals surface area contributed by atoms with Crippen LogP contribution in [0.3, 0.4) is 0 Å². The third-order valence-electron chi connectivity index (χ3n) is 1.46. The van der Waals surface area contributed by atoms with E-state index in [2.05, 4.69) is 24.2 Å². The van der Waals surface area contributed by atoms with Crippen molar-refractivity contribution in [1.82, 2.24) is 5.32 Å². The summed E-state index contributed by atoms with van der Waals surface area (Å²) in [6, 6.07) is 0.617. The van der Waals surface area contributed by atoms with Crippen molar-refractivity contribution in [2.24, 2.45) is 4.99 Å². The predicted octanol–water partition coefficient (Wildman–Crippen LogP) is 1.48. The molecule has 0 saturated carbocycles. The second-order valence-corrected chi connectivity index (χ2v) is 3.55. The van der Waals surface area contributed by atoms with Crippen LogP contribution < -0.4 is 5.32 Å². The minimum Gasteiger partial charge on any atom is -0.362 e. The molecule has 10 heavy (non-hydrogen) atoms. The van der Waals surface area contributed by atoms with Crippen LogP contribution in [-0.2, 0) is 0 Å². The minimum atomic E-state index is 0.617. The van der Waals surface area contributed by atoms with E-state index in [1.807, 2.05) is 11.8 Å². The maximum atomic E-state index is 4.30. The van der Waals surface area contributed by atoms with Crippen LogP contribution in [0.4, 0.5) is 0 Å². The molecule has 0 amide bonds. The van der Waals surface area contributed by atoms with Crippen LogP contribution in [0.2, 0.25) is 0 Å². The van der Waals surface area contributed by atoms with E-state index >= 15 is 0 Å². The van der Waals surface area contributed by atoms with Crippen LogP contribution >= 0.6 is 11.8 Å². The molecule has 58 valence electrons. The van der Waals surface area contributed by atoms with Gasteiger partial charge in [0.2, 0.25) is 0 Å². The summed E-state index contributed by atoms with van der Waals surface area (Å²) in [5.74, 6) is 1.22. The molecule has 0 aromatic carbocycles. The molecule has 3 heteroatoms. The van der Waals surface area contributed by atoms with Crippen LogP contribution in [0, 0.1) is 0 Å². The molecular formula is C7H14N2S. The molecular weight excluding hydrogens is 144 g/mol. The molecule has 1 aliphatic rings. The first-order valence-electron chi connectivity index (χ1n) is 3.76. The number of nitrogens with zero attached hydrogens (tertiary/aromatic N) is 1. The van der Waals surface area contributed by atoms with Crippen molar-refractivity contribution < 1.29 is 0 Å². The van der Waals surface area contributed by atoms with Crippen molar-refractivity contribution in [1.29, 1.82) is 0 Å². The minimum absolute atomic E-state index is 0.617. The summed E-state index contributed by atoms with van der Waals surface area (Å²) in [5.41, 5.74) is 0. The Morgan fingerprint density at radius 2 is 2.60 bits per heavy atom. The molecule has 0 radical (unpaired) electrons. The zero-order valence-corrected chi connectivity index (χ0v) is 7.37. The fourth-order valence-corrected chi connectivity index (χ4v) is 2.06. The van der Waals surface area contributed by atoms with Crippen molar-refractivity contribution in [2.75, 3.05) is 12.3 Å². The summed E-state index contributed by atoms with van der Waals surface area (Å²) in [4.78, 5) is 4.30. The van der Waals surface area contributed by atoms with Crippen LogP contribution in [0.5, 0.6) is 0 Å². The maximum Gasteiger partial charge on any atom is 0.156 e. The molecule has 1 aliphatic heterocycles. The Morgan fingerprint density at radius 3 is 3.20 bits per heavy atom. The highest BCUT2D eigenvalue weighted by Gasteiger charge is 2.11. The summed E-state index contributed by atoms with van der Waals surface area (Å²) in [6.45, 7) is 5.15. The van der Waals surface area contributed by atoms with E-state index in [1.54, 1.807) is 0 Å². The van der Waals surface area contributed by atoms with Gasteiger partial charge in [-0.3, -0.25) is 4.99 Å². The molecule has 0 aromatic heterocycles. The van der Waals surface area contributed by atoms with Crippen LogP contribution in [-0.4, -0.2) is 23.5 Å². The van der Waals surface area contributed by atoms with E-state index in [0.717, 1.165) is 11.7 Å². The molecule has 0 bridgehead atoms. The van der Waals surface area contributed by atoms with E-state index in [0.29, 0.717) is 6.04 Å². The highest BCUT2D eigenvalue weighted by atomic mass is 32.2. The molecule has 0 aromatic rings. The van der Waals surface area contributed by atoms with Gasteiger partial charge in [0.25, 0.3) is 0 Å². The number of hydrogen-bond acceptors (Lipinski definition) is 2. The lowest BCUT2D eigenvalue weighted by Crippen LogP contribution is -2.35. The van der Waals surface area contributed by atoms with Gasteiger partial charge >= 0.3 is 0 Å². The summed E-state index contributed by atoms with van der Waals surface area (Å²) in [5, 5.41) is 4.46. The van der Waals surface area contributed by atoms with Gasteiger partial charge in [0.15, 0.2) is 5.17 Å². The van der Waals surface area contributed by atoms with Crippen molar-refractivity contribution in [3.8, 4) is 0 Å². The summed E-state index contributed by atoms with van der Waals surface area (Å²) in [7, 11) is 0. The standard InChI is InChI=1S/C7H14N2S/c1-3-8-7-9-6(2)4-5-10-7/h6H,3-5H2,1-2H3,(H,8,9). The second kappa shape index (κ2) is 3.86. The molecule has 1 fully saturated rings. The topological polar surface area (TPSA) is 24.4 Å². The Hall–Kier alpha value is -0.180. The van der Waals surface area contributed by atoms with Crippen LogP contribution in [0.15, 0.2) is 4.99 Å². The van der Waals surface area contributed by atoms with Gasteiger partial charge in [-0.2, -0.15) is 0 Å². The summed E-state index contributed by atoms with van der Waals surface area (Å²) < 4.78 is 0. The third kappa shape index (κ3) is 2.21. The quantitative estimate of drug-likeness (QED) is 0.625. The maximum absolute atomic E-state index is 4.30. The molecule has 1 saturated heterocycles. The lowest BCUT2D eigenvalue weighted by atomic mass is 10.3. The molecule has 0 aliphatic carbocycles. The third-order valence-corrected chi connectivity index (χ3v) is 2.42. The van der Waals surface area contributed by atoms with E-state index in [1.165, 1.54) is 12.2 Å². The Kier molecular flexibility index (Phi) is 3.06. The highest BCUT2D eigenvalue weighted by Crippen LogP contribution is 2.12. The Morgan fingerprint density at radius 1 is 1.80 bits per heavy atom. The fourth-order valence-electron chi connectivity index (χ4n) is 0.892. The zero-order valence-electron chi connectivity index (χ0n) is 6.55. The number of hydrogen-bond donors (Lipinski definition) is 1. The van der Waals surface area contributed by atoms with Crippen molar-refractivity contribution in [3.63, 3.8) is 0 Å². The number of rotatable bonds is 1. The van der Waals surface area contributed by atoms with Gasteiger partial charge in [-0.05, 0) is 20.3 Å². The van der Waals surface area contributed by atoms with Crippen molar-refractivity contribution in [2.45, 2.75) is 26.3 Å². The normalized spacial score (nSPS) is 30.2. The summed E-state index contributed by atoms with van der Waals surface area (Å²) in [6.07, 6.45) is 1.26. The largest absolute Gasteiger partial charge is 0.362 e. The van der Waals surface area contributed by atoms with Gasteiger partial charge in [0.05, 0.1) is 0 Å². The van der Waals surface area contributed by atoms with Gasteiger partial charge in [-0.15, -0.1) is 0 Å². The second-order valence-electron chi connectivity index (χ2n) is 2.46. The lowest BCUT2D eigenvalue weighted by Gasteiger charge is -2.21. The van der Waals surface area contributed by atoms with Gasteiger partial charge < -0.3 is 5.32 Å². The average Bonchev–Trinajstić information content (AvgIpc) is 1.88. The van der Waals surface area contributed by atoms with E-state index in [9.17, 15) is 0 Å². The van der Waals surface area contributed by atoms with Gasteiger partial charge in [-0.1, -0.05) is 11.8 Å². The van der Waals surface area contributed by atoms with Crippen LogP contribution in [0.1, 0.15) is 20.3 Å². The number of nitrogens with one attached hydrogen (secondary N) is 1. The monoisotopic (exact) mass is 158 g/mol. The van der Waals surface area contributed by atoms with Crippen molar-refractivity contribution in [3.05, 3.63) is 0 Å². The molecule has 2 nitrogen and oxygen atoms in total. The molecule has 1 N–H and O–H groups in total. The fraction of sp³-hybridized carbons (Fsp3) is 0.857. The zero-order chi connectivity index (χ0) is 7.40. The highest BCUT2D eigenvalue weighted by molar-refractivity contribution is 8.13. The molecule has 0 spiro atoms. The Balaban J connectivity index is 2.39. The Labute approximate surface area is 66.5 Å². The van der Waals surface area contributed by atoms with E-state index < -0.39 is 0 Å². The SMILES string of the molecule is CCN=C1NC(C)CCS1. The van der Waals surface area contributed by atoms with E-state index in [4.69, 9.17) is 0 Å². The molecule has 1 unspecified atom stereocenters. The lowest BCUT2D eigenvalue weighted by molar-refractivity contribution is 0.643. The molecule has 1 rings (SSSR count). The number of amidine groups is 1. The van der Waals surface area contributed by atoms with Crippen LogP contribution in [0.25, 0.3) is 0 Å². The first-order chi connectivity index (χ1) is 4.83. The number of aliphatic imine (C=N–C) groups is 1. The van der Waals surface area contributed by atoms with Crippen molar-refractivity contribution >= 4 is 16.9 Å². The molecule has 1 heterocycles. The Bertz CT molecular complexity index is 134. The average molecular weight is 158 g/mol. The van der Waals surface area contributed by atoms with E-state index in [-0.39, 0.29) is 0 Å². The van der Waals surface area contributed by atoms with Gasteiger partial charge in [0.1, 0.15) is 0 Å². The smallest absolute Gasteiger partial charge is 0.156 e. The molecule has 1 atom stereocenters. The van der Waals surface area contributed by atoms with Gasteiger partial charge in [-0.25, -0.2) is 0 Å². The summed E-state index contributed by atoms with van der Waals surface area (Å²) >= 11 is 1.83. The predicted molar refractivity (Wildman–Crippen MR) is 47.6 cm³/mol. The number of thioether (sulfide) groups is 1.